The van der Waals surface area contributed by atoms with Gasteiger partial charge in [-0.25, -0.2) is 0 Å². The number of phenols is 1. The minimum Gasteiger partial charge on any atom is -0.508 e. The third-order valence-corrected chi connectivity index (χ3v) is 2.46. The van der Waals surface area contributed by atoms with Gasteiger partial charge in [-0.15, -0.1) is 0 Å². The van der Waals surface area contributed by atoms with Crippen LogP contribution in [0.5, 0.6) is 11.5 Å². The van der Waals surface area contributed by atoms with Gasteiger partial charge in [0.25, 0.3) is 0 Å². The predicted octanol–water partition coefficient (Wildman–Crippen LogP) is 2.39. The number of hydrogen-bond donors (Lipinski definition) is 2. The Bertz CT molecular complexity index is 295. The van der Waals surface area contributed by atoms with E-state index in [1.807, 2.05) is 0 Å². The molecule has 1 unspecified atom stereocenters. The average molecular weight is 223 g/mol. The van der Waals surface area contributed by atoms with Gasteiger partial charge in [0, 0.05) is 5.92 Å². The zero-order valence-corrected chi connectivity index (χ0v) is 10.0. The van der Waals surface area contributed by atoms with Gasteiger partial charge in [-0.2, -0.15) is 0 Å². The van der Waals surface area contributed by atoms with Crippen molar-refractivity contribution in [2.24, 2.45) is 17.6 Å². The molecule has 1 aromatic carbocycles. The first kappa shape index (κ1) is 12.8. The molecule has 0 aliphatic carbocycles. The Labute approximate surface area is 97.2 Å². The largest absolute Gasteiger partial charge is 0.508 e. The van der Waals surface area contributed by atoms with Crippen molar-refractivity contribution >= 4 is 0 Å². The molecule has 0 aromatic heterocycles. The lowest BCUT2D eigenvalue weighted by Gasteiger charge is -2.17. The lowest BCUT2D eigenvalue weighted by atomic mass is 9.98. The molecule has 0 aliphatic rings. The molecule has 0 heterocycles. The summed E-state index contributed by atoms with van der Waals surface area (Å²) in [5.74, 6) is 2.07. The minimum atomic E-state index is 0.255. The Balaban J connectivity index is 2.40. The molecule has 0 spiro atoms. The quantitative estimate of drug-likeness (QED) is 0.778. The average Bonchev–Trinajstić information content (AvgIpc) is 2.26. The van der Waals surface area contributed by atoms with Gasteiger partial charge >= 0.3 is 0 Å². The summed E-state index contributed by atoms with van der Waals surface area (Å²) >= 11 is 0. The van der Waals surface area contributed by atoms with Crippen LogP contribution < -0.4 is 10.5 Å². The number of aromatic hydroxyl groups is 1. The first-order valence-electron chi connectivity index (χ1n) is 5.73. The van der Waals surface area contributed by atoms with Crippen molar-refractivity contribution in [2.75, 3.05) is 13.2 Å². The van der Waals surface area contributed by atoms with Crippen LogP contribution in [0, 0.1) is 11.8 Å². The highest BCUT2D eigenvalue weighted by Crippen LogP contribution is 2.18. The topological polar surface area (TPSA) is 55.5 Å². The molecule has 1 aromatic rings. The van der Waals surface area contributed by atoms with Gasteiger partial charge in [-0.05, 0) is 43.1 Å². The Hall–Kier alpha value is -1.22. The van der Waals surface area contributed by atoms with Crippen LogP contribution >= 0.6 is 0 Å². The van der Waals surface area contributed by atoms with Crippen LogP contribution in [0.15, 0.2) is 24.3 Å². The van der Waals surface area contributed by atoms with Gasteiger partial charge in [0.2, 0.25) is 0 Å². The molecular formula is C13H21NO2. The molecule has 0 amide bonds. The van der Waals surface area contributed by atoms with Crippen LogP contribution in [0.25, 0.3) is 0 Å². The van der Waals surface area contributed by atoms with Crippen molar-refractivity contribution in [2.45, 2.75) is 20.3 Å². The van der Waals surface area contributed by atoms with Crippen LogP contribution in [0.2, 0.25) is 0 Å². The van der Waals surface area contributed by atoms with E-state index in [9.17, 15) is 0 Å². The smallest absolute Gasteiger partial charge is 0.119 e. The lowest BCUT2D eigenvalue weighted by molar-refractivity contribution is 0.230. The molecule has 0 saturated heterocycles. The number of phenolic OH excluding ortho intramolecular Hbond substituents is 1. The summed E-state index contributed by atoms with van der Waals surface area (Å²) in [5.41, 5.74) is 5.69. The summed E-state index contributed by atoms with van der Waals surface area (Å²) in [4.78, 5) is 0. The molecule has 3 heteroatoms. The van der Waals surface area contributed by atoms with Gasteiger partial charge in [-0.3, -0.25) is 0 Å². The van der Waals surface area contributed by atoms with Crippen molar-refractivity contribution in [3.8, 4) is 11.5 Å². The molecule has 1 atom stereocenters. The number of rotatable bonds is 6. The Kier molecular flexibility index (Phi) is 5.12. The van der Waals surface area contributed by atoms with Crippen molar-refractivity contribution in [1.82, 2.24) is 0 Å². The van der Waals surface area contributed by atoms with Gasteiger partial charge < -0.3 is 15.6 Å². The number of benzene rings is 1. The zero-order valence-electron chi connectivity index (χ0n) is 10.0. The maximum Gasteiger partial charge on any atom is 0.119 e. The predicted molar refractivity (Wildman–Crippen MR) is 65.6 cm³/mol. The molecule has 90 valence electrons. The van der Waals surface area contributed by atoms with E-state index in [0.717, 1.165) is 12.2 Å². The SMILES string of the molecule is CC(C)CC(CN)COc1ccc(O)cc1. The fourth-order valence-corrected chi connectivity index (χ4v) is 1.66. The van der Waals surface area contributed by atoms with E-state index in [0.29, 0.717) is 25.0 Å². The molecule has 16 heavy (non-hydrogen) atoms. The molecule has 0 aliphatic heterocycles. The molecule has 3 N–H and O–H groups in total. The second kappa shape index (κ2) is 6.38. The van der Waals surface area contributed by atoms with Crippen LogP contribution in [0.3, 0.4) is 0 Å². The van der Waals surface area contributed by atoms with Crippen molar-refractivity contribution in [1.29, 1.82) is 0 Å². The van der Waals surface area contributed by atoms with E-state index >= 15 is 0 Å². The van der Waals surface area contributed by atoms with E-state index in [1.165, 1.54) is 0 Å². The van der Waals surface area contributed by atoms with Crippen LogP contribution in [0.1, 0.15) is 20.3 Å². The second-order valence-corrected chi connectivity index (χ2v) is 4.54. The Morgan fingerprint density at radius 1 is 1.25 bits per heavy atom. The monoisotopic (exact) mass is 223 g/mol. The van der Waals surface area contributed by atoms with E-state index < -0.39 is 0 Å². The molecule has 0 saturated carbocycles. The van der Waals surface area contributed by atoms with Crippen molar-refractivity contribution in [3.05, 3.63) is 24.3 Å². The van der Waals surface area contributed by atoms with Crippen LogP contribution in [-0.4, -0.2) is 18.3 Å². The second-order valence-electron chi connectivity index (χ2n) is 4.54. The molecule has 0 radical (unpaired) electrons. The van der Waals surface area contributed by atoms with E-state index in [-0.39, 0.29) is 5.75 Å². The first-order chi connectivity index (χ1) is 7.61. The standard InChI is InChI=1S/C13H21NO2/c1-10(2)7-11(8-14)9-16-13-5-3-12(15)4-6-13/h3-6,10-11,15H,7-9,14H2,1-2H3. The number of hydrogen-bond acceptors (Lipinski definition) is 3. The van der Waals surface area contributed by atoms with E-state index in [4.69, 9.17) is 15.6 Å². The molecular weight excluding hydrogens is 202 g/mol. The summed E-state index contributed by atoms with van der Waals surface area (Å²) in [6, 6.07) is 6.76. The highest BCUT2D eigenvalue weighted by Gasteiger charge is 2.09. The van der Waals surface area contributed by atoms with Gasteiger partial charge in [0.15, 0.2) is 0 Å². The first-order valence-corrected chi connectivity index (χ1v) is 5.73. The number of nitrogens with two attached hydrogens (primary N) is 1. The van der Waals surface area contributed by atoms with Crippen LogP contribution in [-0.2, 0) is 0 Å². The van der Waals surface area contributed by atoms with Gasteiger partial charge in [0.05, 0.1) is 6.61 Å². The third-order valence-electron chi connectivity index (χ3n) is 2.46. The highest BCUT2D eigenvalue weighted by atomic mass is 16.5. The normalized spacial score (nSPS) is 12.8. The summed E-state index contributed by atoms with van der Waals surface area (Å²) in [5, 5.41) is 9.12. The number of ether oxygens (including phenoxy) is 1. The molecule has 0 bridgehead atoms. The van der Waals surface area contributed by atoms with Crippen LogP contribution in [0.4, 0.5) is 0 Å². The summed E-state index contributed by atoms with van der Waals surface area (Å²) in [7, 11) is 0. The summed E-state index contributed by atoms with van der Waals surface area (Å²) in [6.07, 6.45) is 1.08. The lowest BCUT2D eigenvalue weighted by Crippen LogP contribution is -2.23. The Morgan fingerprint density at radius 3 is 2.38 bits per heavy atom. The molecule has 3 nitrogen and oxygen atoms in total. The fraction of sp³-hybridized carbons (Fsp3) is 0.538. The maximum absolute atomic E-state index is 9.12. The summed E-state index contributed by atoms with van der Waals surface area (Å²) in [6.45, 7) is 5.65. The molecule has 0 fully saturated rings. The highest BCUT2D eigenvalue weighted by molar-refractivity contribution is 5.30. The maximum atomic E-state index is 9.12. The van der Waals surface area contributed by atoms with Crippen molar-refractivity contribution < 1.29 is 9.84 Å². The van der Waals surface area contributed by atoms with Gasteiger partial charge in [0.1, 0.15) is 11.5 Å². The third kappa shape index (κ3) is 4.53. The fourth-order valence-electron chi connectivity index (χ4n) is 1.66. The summed E-state index contributed by atoms with van der Waals surface area (Å²) < 4.78 is 5.62. The minimum absolute atomic E-state index is 0.255. The Morgan fingerprint density at radius 2 is 1.88 bits per heavy atom. The van der Waals surface area contributed by atoms with Crippen molar-refractivity contribution in [3.63, 3.8) is 0 Å². The zero-order chi connectivity index (χ0) is 12.0. The van der Waals surface area contributed by atoms with E-state index in [2.05, 4.69) is 13.8 Å². The molecule has 1 rings (SSSR count). The van der Waals surface area contributed by atoms with E-state index in [1.54, 1.807) is 24.3 Å². The van der Waals surface area contributed by atoms with Gasteiger partial charge in [-0.1, -0.05) is 13.8 Å².